The second-order valence-corrected chi connectivity index (χ2v) is 4.65. The van der Waals surface area contributed by atoms with Gasteiger partial charge in [0, 0.05) is 30.6 Å². The second-order valence-electron chi connectivity index (χ2n) is 4.65. The Bertz CT molecular complexity index is 583. The van der Waals surface area contributed by atoms with Crippen molar-refractivity contribution >= 4 is 5.69 Å². The standard InChI is InChI=1S/C11H12FN7.C2H6/c1-18-4-7-8-5-19(6-2-13-11(12)14-3-6)17-10(8)15-9(7)16-18;1-2/h2-5,9-10,15-17H,1H3;1-2H3. The molecule has 4 heterocycles. The van der Waals surface area contributed by atoms with Crippen molar-refractivity contribution in [3.63, 3.8) is 0 Å². The van der Waals surface area contributed by atoms with Gasteiger partial charge in [-0.25, -0.2) is 20.8 Å². The fraction of sp³-hybridized carbons (Fsp3) is 0.385. The number of fused-ring (bicyclic) bond motifs is 3. The van der Waals surface area contributed by atoms with Gasteiger partial charge in [0.15, 0.2) is 0 Å². The fourth-order valence-electron chi connectivity index (χ4n) is 2.54. The third-order valence-electron chi connectivity index (χ3n) is 3.38. The fourth-order valence-corrected chi connectivity index (χ4v) is 2.54. The molecule has 0 radical (unpaired) electrons. The molecule has 3 N–H and O–H groups in total. The maximum atomic E-state index is 12.7. The highest BCUT2D eigenvalue weighted by molar-refractivity contribution is 5.55. The van der Waals surface area contributed by atoms with Crippen LogP contribution in [-0.4, -0.2) is 34.4 Å². The summed E-state index contributed by atoms with van der Waals surface area (Å²) in [5.41, 5.74) is 9.58. The highest BCUT2D eigenvalue weighted by atomic mass is 19.1. The summed E-state index contributed by atoms with van der Waals surface area (Å²) >= 11 is 0. The van der Waals surface area contributed by atoms with Crippen LogP contribution in [0.3, 0.4) is 0 Å². The Morgan fingerprint density at radius 2 is 1.67 bits per heavy atom. The van der Waals surface area contributed by atoms with Gasteiger partial charge in [0.2, 0.25) is 0 Å². The number of nitrogens with one attached hydrogen (secondary N) is 3. The predicted octanol–water partition coefficient (Wildman–Crippen LogP) is 0.440. The van der Waals surface area contributed by atoms with Crippen LogP contribution < -0.4 is 21.2 Å². The average molecular weight is 291 g/mol. The molecule has 1 aromatic heterocycles. The molecule has 0 saturated carbocycles. The molecule has 1 aromatic rings. The van der Waals surface area contributed by atoms with Gasteiger partial charge in [0.25, 0.3) is 0 Å². The Kier molecular flexibility index (Phi) is 3.58. The lowest BCUT2D eigenvalue weighted by Crippen LogP contribution is -2.50. The van der Waals surface area contributed by atoms with Crippen molar-refractivity contribution in [1.82, 2.24) is 31.1 Å². The molecule has 0 aliphatic carbocycles. The van der Waals surface area contributed by atoms with Crippen LogP contribution >= 0.6 is 0 Å². The Balaban J connectivity index is 0.000000636. The quantitative estimate of drug-likeness (QED) is 0.649. The summed E-state index contributed by atoms with van der Waals surface area (Å²) < 4.78 is 12.7. The molecule has 112 valence electrons. The number of hydrogen-bond acceptors (Lipinski definition) is 7. The van der Waals surface area contributed by atoms with Crippen molar-refractivity contribution in [2.45, 2.75) is 26.2 Å². The van der Waals surface area contributed by atoms with Crippen LogP contribution in [0.4, 0.5) is 10.1 Å². The molecule has 0 bridgehead atoms. The smallest absolute Gasteiger partial charge is 0.308 e. The summed E-state index contributed by atoms with van der Waals surface area (Å²) in [7, 11) is 1.95. The Labute approximate surface area is 122 Å². The normalized spacial score (nSPS) is 25.9. The molecule has 21 heavy (non-hydrogen) atoms. The highest BCUT2D eigenvalue weighted by Crippen LogP contribution is 2.32. The molecule has 2 unspecified atom stereocenters. The zero-order chi connectivity index (χ0) is 15.0. The van der Waals surface area contributed by atoms with Gasteiger partial charge in [-0.1, -0.05) is 13.8 Å². The number of hydrogen-bond donors (Lipinski definition) is 3. The number of rotatable bonds is 1. The van der Waals surface area contributed by atoms with Gasteiger partial charge in [-0.3, -0.25) is 10.3 Å². The number of hydrazine groups is 2. The molecule has 1 saturated heterocycles. The van der Waals surface area contributed by atoms with Gasteiger partial charge in [-0.05, 0) is 0 Å². The molecule has 2 atom stereocenters. The van der Waals surface area contributed by atoms with Crippen LogP contribution in [0.5, 0.6) is 0 Å². The highest BCUT2D eigenvalue weighted by Gasteiger charge is 2.41. The minimum Gasteiger partial charge on any atom is -0.317 e. The van der Waals surface area contributed by atoms with Crippen molar-refractivity contribution in [3.8, 4) is 0 Å². The van der Waals surface area contributed by atoms with Crippen molar-refractivity contribution in [2.75, 3.05) is 12.1 Å². The molecule has 0 spiro atoms. The van der Waals surface area contributed by atoms with Crippen LogP contribution in [0.15, 0.2) is 35.9 Å². The number of nitrogens with zero attached hydrogens (tertiary/aromatic N) is 4. The number of aromatic nitrogens is 2. The Hall–Kier alpha value is -2.03. The van der Waals surface area contributed by atoms with E-state index in [-0.39, 0.29) is 12.3 Å². The zero-order valence-corrected chi connectivity index (χ0v) is 12.1. The van der Waals surface area contributed by atoms with E-state index in [4.69, 9.17) is 0 Å². The maximum Gasteiger partial charge on any atom is 0.308 e. The minimum atomic E-state index is -0.724. The van der Waals surface area contributed by atoms with E-state index in [1.165, 1.54) is 18.0 Å². The van der Waals surface area contributed by atoms with E-state index in [1.54, 1.807) is 5.01 Å². The molecule has 0 aromatic carbocycles. The number of halogens is 1. The third-order valence-corrected chi connectivity index (χ3v) is 3.38. The van der Waals surface area contributed by atoms with Crippen molar-refractivity contribution in [1.29, 1.82) is 0 Å². The van der Waals surface area contributed by atoms with Gasteiger partial charge in [0.1, 0.15) is 12.3 Å². The first-order chi connectivity index (χ1) is 10.2. The van der Waals surface area contributed by atoms with E-state index in [0.29, 0.717) is 5.69 Å². The molecule has 0 amide bonds. The molecule has 8 heteroatoms. The van der Waals surface area contributed by atoms with E-state index >= 15 is 0 Å². The van der Waals surface area contributed by atoms with E-state index in [0.717, 1.165) is 5.57 Å². The second kappa shape index (κ2) is 5.40. The van der Waals surface area contributed by atoms with Crippen LogP contribution in [0, 0.1) is 6.08 Å². The lowest BCUT2D eigenvalue weighted by molar-refractivity contribution is 0.298. The molecule has 3 aliphatic rings. The summed E-state index contributed by atoms with van der Waals surface area (Å²) in [6, 6.07) is 0. The van der Waals surface area contributed by atoms with E-state index in [1.807, 2.05) is 32.1 Å². The van der Waals surface area contributed by atoms with Gasteiger partial charge >= 0.3 is 6.08 Å². The largest absolute Gasteiger partial charge is 0.317 e. The average Bonchev–Trinajstić information content (AvgIpc) is 3.12. The zero-order valence-electron chi connectivity index (χ0n) is 12.1. The summed E-state index contributed by atoms with van der Waals surface area (Å²) in [5.74, 6) is 0. The molecule has 1 fully saturated rings. The SMILES string of the molecule is CC.CN1C=C2C3=CN(c4cnc(F)nc4)NC3NC2N1. The van der Waals surface area contributed by atoms with Crippen molar-refractivity contribution in [3.05, 3.63) is 42.0 Å². The summed E-state index contributed by atoms with van der Waals surface area (Å²) in [5, 5.41) is 7.12. The Morgan fingerprint density at radius 3 is 2.38 bits per heavy atom. The molecule has 7 nitrogen and oxygen atoms in total. The van der Waals surface area contributed by atoms with E-state index in [9.17, 15) is 4.39 Å². The van der Waals surface area contributed by atoms with Crippen LogP contribution in [0.25, 0.3) is 0 Å². The summed E-state index contributed by atoms with van der Waals surface area (Å²) in [6.45, 7) is 4.00. The van der Waals surface area contributed by atoms with Crippen LogP contribution in [-0.2, 0) is 0 Å². The molecular weight excluding hydrogens is 273 g/mol. The topological polar surface area (TPSA) is 68.4 Å². The van der Waals surface area contributed by atoms with E-state index in [2.05, 4.69) is 32.3 Å². The van der Waals surface area contributed by atoms with Crippen molar-refractivity contribution in [2.24, 2.45) is 0 Å². The van der Waals surface area contributed by atoms with Crippen molar-refractivity contribution < 1.29 is 4.39 Å². The molecule has 4 rings (SSSR count). The van der Waals surface area contributed by atoms with Crippen LogP contribution in [0.2, 0.25) is 0 Å². The third kappa shape index (κ3) is 2.37. The van der Waals surface area contributed by atoms with Gasteiger partial charge < -0.3 is 5.01 Å². The first kappa shape index (κ1) is 13.9. The van der Waals surface area contributed by atoms with Gasteiger partial charge in [-0.15, -0.1) is 0 Å². The molecular formula is C13H18FN7. The van der Waals surface area contributed by atoms with Crippen LogP contribution in [0.1, 0.15) is 13.8 Å². The first-order valence-corrected chi connectivity index (χ1v) is 6.92. The van der Waals surface area contributed by atoms with Gasteiger partial charge in [-0.2, -0.15) is 4.39 Å². The monoisotopic (exact) mass is 291 g/mol. The predicted molar refractivity (Wildman–Crippen MR) is 76.7 cm³/mol. The lowest BCUT2D eigenvalue weighted by Gasteiger charge is -2.21. The Morgan fingerprint density at radius 1 is 1.05 bits per heavy atom. The minimum absolute atomic E-state index is 0.0440. The maximum absolute atomic E-state index is 12.7. The summed E-state index contributed by atoms with van der Waals surface area (Å²) in [4.78, 5) is 7.10. The first-order valence-electron chi connectivity index (χ1n) is 6.92. The summed E-state index contributed by atoms with van der Waals surface area (Å²) in [6.07, 6.45) is 6.37. The number of anilines is 1. The molecule has 3 aliphatic heterocycles. The lowest BCUT2D eigenvalue weighted by atomic mass is 10.1. The van der Waals surface area contributed by atoms with E-state index < -0.39 is 6.08 Å². The van der Waals surface area contributed by atoms with Gasteiger partial charge in [0.05, 0.1) is 18.1 Å².